The zero-order chi connectivity index (χ0) is 19.5. The van der Waals surface area contributed by atoms with E-state index in [0.29, 0.717) is 16.7 Å². The Morgan fingerprint density at radius 3 is 2.64 bits per heavy atom. The minimum absolute atomic E-state index is 0.0616. The molecule has 4 aromatic rings. The van der Waals surface area contributed by atoms with Crippen molar-refractivity contribution in [2.75, 3.05) is 0 Å². The van der Waals surface area contributed by atoms with Crippen molar-refractivity contribution in [2.45, 2.75) is 13.3 Å². The third-order valence-corrected chi connectivity index (χ3v) is 4.20. The van der Waals surface area contributed by atoms with Crippen molar-refractivity contribution in [3.8, 4) is 17.3 Å². The van der Waals surface area contributed by atoms with Gasteiger partial charge in [0.2, 0.25) is 16.9 Å². The first-order valence-electron chi connectivity index (χ1n) is 8.72. The van der Waals surface area contributed by atoms with Crippen LogP contribution in [0.4, 0.5) is 0 Å². The Labute approximate surface area is 159 Å². The van der Waals surface area contributed by atoms with E-state index in [9.17, 15) is 9.59 Å². The molecule has 0 aliphatic rings. The maximum atomic E-state index is 13.1. The second-order valence-electron chi connectivity index (χ2n) is 6.02. The van der Waals surface area contributed by atoms with Crippen molar-refractivity contribution in [2.24, 2.45) is 0 Å². The maximum absolute atomic E-state index is 13.1. The molecular weight excluding hydrogens is 360 g/mol. The fraction of sp³-hybridized carbons (Fsp3) is 0.0909. The molecule has 0 radical (unpaired) electrons. The standard InChI is InChI=1S/C22H16O6/c1-2-14-7-9-17-16(13-14)20(24)22(21(27-17)18-6-4-12-26-18)28-19(23)10-8-15-5-3-11-25-15/h3-13H,2H2,1H3/b10-8+. The molecule has 3 aromatic heterocycles. The van der Waals surface area contributed by atoms with Crippen LogP contribution in [0.1, 0.15) is 18.2 Å². The van der Waals surface area contributed by atoms with Gasteiger partial charge < -0.3 is 18.0 Å². The molecule has 3 heterocycles. The smallest absolute Gasteiger partial charge is 0.336 e. The van der Waals surface area contributed by atoms with E-state index >= 15 is 0 Å². The predicted molar refractivity (Wildman–Crippen MR) is 103 cm³/mol. The summed E-state index contributed by atoms with van der Waals surface area (Å²) in [6, 6.07) is 12.0. The van der Waals surface area contributed by atoms with Crippen molar-refractivity contribution in [1.82, 2.24) is 0 Å². The molecule has 0 fully saturated rings. The molecule has 0 spiro atoms. The van der Waals surface area contributed by atoms with Crippen LogP contribution in [0.3, 0.4) is 0 Å². The number of ether oxygens (including phenoxy) is 1. The topological polar surface area (TPSA) is 82.8 Å². The van der Waals surface area contributed by atoms with Gasteiger partial charge in [-0.1, -0.05) is 13.0 Å². The SMILES string of the molecule is CCc1ccc2oc(-c3ccco3)c(OC(=O)/C=C/c3ccco3)c(=O)c2c1. The molecule has 0 aliphatic heterocycles. The van der Waals surface area contributed by atoms with Crippen molar-refractivity contribution >= 4 is 23.0 Å². The number of esters is 1. The van der Waals surface area contributed by atoms with E-state index in [0.717, 1.165) is 12.0 Å². The van der Waals surface area contributed by atoms with Crippen LogP contribution in [0, 0.1) is 0 Å². The Balaban J connectivity index is 1.80. The van der Waals surface area contributed by atoms with Crippen LogP contribution in [-0.4, -0.2) is 5.97 Å². The van der Waals surface area contributed by atoms with Crippen LogP contribution in [0.15, 0.2) is 79.1 Å². The second-order valence-corrected chi connectivity index (χ2v) is 6.02. The van der Waals surface area contributed by atoms with E-state index < -0.39 is 11.4 Å². The number of rotatable bonds is 5. The third-order valence-electron chi connectivity index (χ3n) is 4.20. The van der Waals surface area contributed by atoms with E-state index in [-0.39, 0.29) is 17.3 Å². The number of aryl methyl sites for hydroxylation is 1. The number of hydrogen-bond acceptors (Lipinski definition) is 6. The first-order chi connectivity index (χ1) is 13.7. The molecule has 0 saturated heterocycles. The number of furan rings is 2. The van der Waals surface area contributed by atoms with Gasteiger partial charge in [-0.05, 0) is 54.5 Å². The molecule has 0 N–H and O–H groups in total. The number of fused-ring (bicyclic) bond motifs is 1. The summed E-state index contributed by atoms with van der Waals surface area (Å²) in [6.07, 6.45) is 6.32. The molecule has 0 atom stereocenters. The summed E-state index contributed by atoms with van der Waals surface area (Å²) in [6.45, 7) is 1.99. The Kier molecular flexibility index (Phi) is 4.68. The maximum Gasteiger partial charge on any atom is 0.336 e. The number of carbonyl (C=O) groups excluding carboxylic acids is 1. The number of hydrogen-bond donors (Lipinski definition) is 0. The van der Waals surface area contributed by atoms with Crippen LogP contribution in [0.2, 0.25) is 0 Å². The Bertz CT molecular complexity index is 1190. The molecule has 140 valence electrons. The largest absolute Gasteiger partial charge is 0.465 e. The minimum atomic E-state index is -0.734. The molecule has 0 saturated carbocycles. The minimum Gasteiger partial charge on any atom is -0.465 e. The Hall–Kier alpha value is -3.80. The van der Waals surface area contributed by atoms with Crippen molar-refractivity contribution < 1.29 is 22.8 Å². The van der Waals surface area contributed by atoms with Crippen LogP contribution < -0.4 is 10.2 Å². The zero-order valence-corrected chi connectivity index (χ0v) is 15.0. The van der Waals surface area contributed by atoms with Gasteiger partial charge in [0.15, 0.2) is 5.76 Å². The average Bonchev–Trinajstić information content (AvgIpc) is 3.42. The van der Waals surface area contributed by atoms with E-state index in [1.807, 2.05) is 13.0 Å². The van der Waals surface area contributed by atoms with Crippen LogP contribution in [-0.2, 0) is 11.2 Å². The first-order valence-corrected chi connectivity index (χ1v) is 8.72. The number of benzene rings is 1. The molecule has 0 bridgehead atoms. The molecule has 4 rings (SSSR count). The van der Waals surface area contributed by atoms with Crippen molar-refractivity contribution in [3.63, 3.8) is 0 Å². The number of carbonyl (C=O) groups is 1. The molecule has 0 aliphatic carbocycles. The summed E-state index contributed by atoms with van der Waals surface area (Å²) < 4.78 is 21.7. The Morgan fingerprint density at radius 2 is 1.93 bits per heavy atom. The molecule has 6 nitrogen and oxygen atoms in total. The fourth-order valence-electron chi connectivity index (χ4n) is 2.78. The van der Waals surface area contributed by atoms with Gasteiger partial charge in [-0.15, -0.1) is 0 Å². The molecule has 28 heavy (non-hydrogen) atoms. The molecule has 0 amide bonds. The molecule has 6 heteroatoms. The highest BCUT2D eigenvalue weighted by atomic mass is 16.5. The van der Waals surface area contributed by atoms with E-state index in [1.165, 1.54) is 24.7 Å². The van der Waals surface area contributed by atoms with Gasteiger partial charge in [-0.25, -0.2) is 4.79 Å². The van der Waals surface area contributed by atoms with Crippen LogP contribution in [0.25, 0.3) is 28.6 Å². The summed E-state index contributed by atoms with van der Waals surface area (Å²) >= 11 is 0. The second kappa shape index (κ2) is 7.44. The quantitative estimate of drug-likeness (QED) is 0.367. The van der Waals surface area contributed by atoms with Gasteiger partial charge in [-0.2, -0.15) is 0 Å². The summed E-state index contributed by atoms with van der Waals surface area (Å²) in [5.74, 6) is -0.114. The predicted octanol–water partition coefficient (Wildman–Crippen LogP) is 4.83. The summed E-state index contributed by atoms with van der Waals surface area (Å²) in [5, 5.41) is 0.340. The van der Waals surface area contributed by atoms with E-state index in [4.69, 9.17) is 18.0 Å². The van der Waals surface area contributed by atoms with E-state index in [1.54, 1.807) is 36.4 Å². The third kappa shape index (κ3) is 3.40. The van der Waals surface area contributed by atoms with Gasteiger partial charge in [0.1, 0.15) is 11.3 Å². The highest BCUT2D eigenvalue weighted by molar-refractivity contribution is 5.90. The lowest BCUT2D eigenvalue weighted by atomic mass is 10.1. The van der Waals surface area contributed by atoms with Crippen molar-refractivity contribution in [3.05, 3.63) is 82.6 Å². The van der Waals surface area contributed by atoms with Gasteiger partial charge in [0, 0.05) is 6.08 Å². The lowest BCUT2D eigenvalue weighted by molar-refractivity contribution is -0.129. The van der Waals surface area contributed by atoms with Gasteiger partial charge in [0.05, 0.1) is 17.9 Å². The lowest BCUT2D eigenvalue weighted by Crippen LogP contribution is -2.14. The van der Waals surface area contributed by atoms with Gasteiger partial charge >= 0.3 is 5.97 Å². The lowest BCUT2D eigenvalue weighted by Gasteiger charge is -2.08. The van der Waals surface area contributed by atoms with Gasteiger partial charge in [-0.3, -0.25) is 4.79 Å². The average molecular weight is 376 g/mol. The van der Waals surface area contributed by atoms with E-state index in [2.05, 4.69) is 0 Å². The summed E-state index contributed by atoms with van der Waals surface area (Å²) in [4.78, 5) is 25.3. The monoisotopic (exact) mass is 376 g/mol. The molecular formula is C22H16O6. The fourth-order valence-corrected chi connectivity index (χ4v) is 2.78. The van der Waals surface area contributed by atoms with Gasteiger partial charge in [0.25, 0.3) is 0 Å². The zero-order valence-electron chi connectivity index (χ0n) is 15.0. The highest BCUT2D eigenvalue weighted by Crippen LogP contribution is 2.31. The first kappa shape index (κ1) is 17.6. The van der Waals surface area contributed by atoms with Crippen molar-refractivity contribution in [1.29, 1.82) is 0 Å². The summed E-state index contributed by atoms with van der Waals surface area (Å²) in [7, 11) is 0. The van der Waals surface area contributed by atoms with Crippen LogP contribution >= 0.6 is 0 Å². The Morgan fingerprint density at radius 1 is 1.11 bits per heavy atom. The molecule has 1 aromatic carbocycles. The highest BCUT2D eigenvalue weighted by Gasteiger charge is 2.21. The van der Waals surface area contributed by atoms with Crippen LogP contribution in [0.5, 0.6) is 5.75 Å². The summed E-state index contributed by atoms with van der Waals surface area (Å²) in [5.41, 5.74) is 0.919. The normalized spacial score (nSPS) is 11.3. The molecule has 0 unspecified atom stereocenters.